The van der Waals surface area contributed by atoms with Gasteiger partial charge in [0.25, 0.3) is 5.56 Å². The zero-order chi connectivity index (χ0) is 36.8. The molecule has 16 heteroatoms. The van der Waals surface area contributed by atoms with E-state index in [1.54, 1.807) is 105 Å². The van der Waals surface area contributed by atoms with Crippen molar-refractivity contribution in [2.24, 2.45) is 7.05 Å². The number of pyridine rings is 1. The number of amides is 2. The van der Waals surface area contributed by atoms with Crippen LogP contribution >= 0.6 is 11.3 Å². The van der Waals surface area contributed by atoms with Crippen LogP contribution in [0.2, 0.25) is 0 Å². The quantitative estimate of drug-likeness (QED) is 0.184. The van der Waals surface area contributed by atoms with Crippen LogP contribution in [0.5, 0.6) is 0 Å². The summed E-state index contributed by atoms with van der Waals surface area (Å²) >= 11 is 1.47. The van der Waals surface area contributed by atoms with Crippen LogP contribution in [0.4, 0.5) is 20.2 Å². The molecule has 5 rings (SSSR count). The molecule has 0 unspecified atom stereocenters. The molecule has 0 radical (unpaired) electrons. The van der Waals surface area contributed by atoms with Gasteiger partial charge >= 0.3 is 18.3 Å². The van der Waals surface area contributed by atoms with E-state index in [2.05, 4.69) is 15.2 Å². The number of hydrogen-bond acceptors (Lipinski definition) is 12. The van der Waals surface area contributed by atoms with E-state index < -0.39 is 35.1 Å². The lowest BCUT2D eigenvalue weighted by Crippen LogP contribution is -2.44. The number of thiazole rings is 1. The van der Waals surface area contributed by atoms with E-state index in [9.17, 15) is 19.2 Å². The highest BCUT2D eigenvalue weighted by molar-refractivity contribution is 7.19. The summed E-state index contributed by atoms with van der Waals surface area (Å²) in [6.07, 6.45) is 1.92. The van der Waals surface area contributed by atoms with Crippen LogP contribution in [0.15, 0.2) is 41.5 Å². The Morgan fingerprint density at radius 1 is 0.840 bits per heavy atom. The fourth-order valence-corrected chi connectivity index (χ4v) is 6.01. The molecular weight excluding hydrogens is 664 g/mol. The fourth-order valence-electron chi connectivity index (χ4n) is 4.90. The molecule has 266 valence electrons. The summed E-state index contributed by atoms with van der Waals surface area (Å²) in [4.78, 5) is 62.3. The highest BCUT2D eigenvalue weighted by atomic mass is 32.1. The number of anilines is 1. The third-order valence-electron chi connectivity index (χ3n) is 6.87. The molecule has 0 saturated carbocycles. The lowest BCUT2D eigenvalue weighted by Gasteiger charge is -2.28. The van der Waals surface area contributed by atoms with Crippen molar-refractivity contribution >= 4 is 56.7 Å². The monoisotopic (exact) mass is 706 g/mol. The molecule has 0 aliphatic carbocycles. The van der Waals surface area contributed by atoms with Crippen molar-refractivity contribution < 1.29 is 28.6 Å². The predicted octanol–water partition coefficient (Wildman–Crippen LogP) is 6.23. The highest BCUT2D eigenvalue weighted by Gasteiger charge is 2.34. The zero-order valence-corrected chi connectivity index (χ0v) is 30.7. The minimum atomic E-state index is -0.945. The maximum Gasteiger partial charge on any atom is 0.435 e. The van der Waals surface area contributed by atoms with Gasteiger partial charge in [0, 0.05) is 25.1 Å². The van der Waals surface area contributed by atoms with Crippen molar-refractivity contribution in [2.75, 3.05) is 4.90 Å². The van der Waals surface area contributed by atoms with Crippen molar-refractivity contribution in [3.8, 4) is 0 Å². The number of hydrogen-bond donors (Lipinski definition) is 0. The molecule has 2 amide bonds. The second-order valence-corrected chi connectivity index (χ2v) is 15.8. The van der Waals surface area contributed by atoms with E-state index in [1.165, 1.54) is 26.8 Å². The molecule has 5 heterocycles. The molecule has 0 aromatic carbocycles. The Morgan fingerprint density at radius 3 is 2.10 bits per heavy atom. The molecule has 15 nitrogen and oxygen atoms in total. The minimum Gasteiger partial charge on any atom is -0.443 e. The summed E-state index contributed by atoms with van der Waals surface area (Å²) in [5.74, 6) is -0.0205. The standard InChI is InChI=1S/C34H42N8O7S/c1-32(2,3)47-29(44)40-17-16-20(38-40)14-15-24-37-27-26(50-24)22-18-35-41(28(43)25(22)39(27)10)19-21-12-11-13-23(36-21)42(30(45)48-33(4,5)6)31(46)49-34(7,8)9/h11-13,16-18H,14-15,19H2,1-10H3. The molecule has 0 saturated heterocycles. The Balaban J connectivity index is 1.37. The molecular formula is C34H42N8O7S. The van der Waals surface area contributed by atoms with Crippen LogP contribution < -0.4 is 10.5 Å². The van der Waals surface area contributed by atoms with Gasteiger partial charge < -0.3 is 18.8 Å². The number of aromatic nitrogens is 7. The Kier molecular flexibility index (Phi) is 9.62. The van der Waals surface area contributed by atoms with E-state index in [0.29, 0.717) is 35.1 Å². The summed E-state index contributed by atoms with van der Waals surface area (Å²) < 4.78 is 21.3. The van der Waals surface area contributed by atoms with Crippen LogP contribution in [-0.2, 0) is 40.6 Å². The smallest absolute Gasteiger partial charge is 0.435 e. The topological polar surface area (TPSA) is 166 Å². The first-order valence-corrected chi connectivity index (χ1v) is 16.8. The van der Waals surface area contributed by atoms with Gasteiger partial charge in [0.2, 0.25) is 0 Å². The summed E-state index contributed by atoms with van der Waals surface area (Å²) in [5, 5.41) is 10.3. The number of aryl methyl sites for hydroxylation is 3. The summed E-state index contributed by atoms with van der Waals surface area (Å²) in [6.45, 7) is 15.5. The van der Waals surface area contributed by atoms with Gasteiger partial charge in [-0.2, -0.15) is 19.8 Å². The molecule has 0 N–H and O–H groups in total. The van der Waals surface area contributed by atoms with E-state index in [0.717, 1.165) is 20.3 Å². The van der Waals surface area contributed by atoms with Gasteiger partial charge in [-0.25, -0.2) is 29.0 Å². The van der Waals surface area contributed by atoms with Crippen LogP contribution in [0, 0.1) is 0 Å². The van der Waals surface area contributed by atoms with Crippen LogP contribution in [0.3, 0.4) is 0 Å². The number of fused-ring (bicyclic) bond motifs is 3. The number of ether oxygens (including phenoxy) is 3. The van der Waals surface area contributed by atoms with Crippen molar-refractivity contribution in [2.45, 2.75) is 98.5 Å². The molecule has 0 spiro atoms. The summed E-state index contributed by atoms with van der Waals surface area (Å²) in [6, 6.07) is 6.54. The van der Waals surface area contributed by atoms with Crippen molar-refractivity contribution in [1.82, 2.24) is 34.1 Å². The van der Waals surface area contributed by atoms with Crippen LogP contribution in [0.25, 0.3) is 21.3 Å². The summed E-state index contributed by atoms with van der Waals surface area (Å²) in [5.41, 5.74) is -0.560. The van der Waals surface area contributed by atoms with Gasteiger partial charge in [-0.15, -0.1) is 11.3 Å². The molecule has 5 aromatic rings. The Labute approximate surface area is 292 Å². The van der Waals surface area contributed by atoms with Crippen molar-refractivity contribution in [1.29, 1.82) is 0 Å². The fraction of sp³-hybridized carbons (Fsp3) is 0.471. The molecule has 0 fully saturated rings. The van der Waals surface area contributed by atoms with Gasteiger partial charge in [-0.05, 0) is 86.9 Å². The van der Waals surface area contributed by atoms with Crippen molar-refractivity contribution in [3.63, 3.8) is 0 Å². The first-order chi connectivity index (χ1) is 23.2. The Bertz CT molecular complexity index is 2110. The first kappa shape index (κ1) is 36.2. The van der Waals surface area contributed by atoms with E-state index >= 15 is 0 Å². The van der Waals surface area contributed by atoms with Crippen molar-refractivity contribution in [3.05, 3.63) is 63.4 Å². The van der Waals surface area contributed by atoms with Crippen LogP contribution in [-0.4, -0.2) is 69.2 Å². The van der Waals surface area contributed by atoms with Gasteiger partial charge in [0.1, 0.15) is 28.1 Å². The lowest BCUT2D eigenvalue weighted by atomic mass is 10.2. The lowest BCUT2D eigenvalue weighted by molar-refractivity contribution is 0.0426. The largest absolute Gasteiger partial charge is 0.443 e. The SMILES string of the molecule is Cn1c2nc(CCc3ccn(C(=O)OC(C)(C)C)n3)sc2c2cnn(Cc3cccc(N(C(=O)OC(C)(C)C)C(=O)OC(C)(C)C)n3)c(=O)c21. The second kappa shape index (κ2) is 13.3. The number of imide groups is 1. The average molecular weight is 707 g/mol. The van der Waals surface area contributed by atoms with Gasteiger partial charge in [-0.3, -0.25) is 4.79 Å². The van der Waals surface area contributed by atoms with Gasteiger partial charge in [-0.1, -0.05) is 6.07 Å². The van der Waals surface area contributed by atoms with E-state index in [1.807, 2.05) is 0 Å². The maximum absolute atomic E-state index is 13.7. The Hall–Kier alpha value is -5.12. The average Bonchev–Trinajstić information content (AvgIpc) is 3.67. The molecule has 0 aliphatic rings. The number of carbonyl (C=O) groups is 3. The number of nitrogens with zero attached hydrogens (tertiary/aromatic N) is 8. The van der Waals surface area contributed by atoms with E-state index in [-0.39, 0.29) is 17.9 Å². The molecule has 0 atom stereocenters. The molecule has 0 aliphatic heterocycles. The Morgan fingerprint density at radius 2 is 1.48 bits per heavy atom. The highest BCUT2D eigenvalue weighted by Crippen LogP contribution is 2.31. The van der Waals surface area contributed by atoms with Crippen LogP contribution in [0.1, 0.15) is 78.7 Å². The van der Waals surface area contributed by atoms with Gasteiger partial charge in [0.15, 0.2) is 5.65 Å². The number of carbonyl (C=O) groups excluding carboxylic acids is 3. The molecule has 50 heavy (non-hydrogen) atoms. The predicted molar refractivity (Wildman–Crippen MR) is 188 cm³/mol. The number of rotatable bonds is 6. The molecule has 0 bridgehead atoms. The summed E-state index contributed by atoms with van der Waals surface area (Å²) in [7, 11) is 1.78. The molecule has 5 aromatic heterocycles. The van der Waals surface area contributed by atoms with Gasteiger partial charge in [0.05, 0.1) is 33.8 Å². The zero-order valence-electron chi connectivity index (χ0n) is 29.9. The normalized spacial score (nSPS) is 12.4. The third kappa shape index (κ3) is 8.35. The van der Waals surface area contributed by atoms with E-state index in [4.69, 9.17) is 19.2 Å². The third-order valence-corrected chi connectivity index (χ3v) is 8.01. The maximum atomic E-state index is 13.7. The minimum absolute atomic E-state index is 0.0205. The first-order valence-electron chi connectivity index (χ1n) is 16.0. The second-order valence-electron chi connectivity index (χ2n) is 14.7.